The van der Waals surface area contributed by atoms with Crippen molar-refractivity contribution in [2.45, 2.75) is 24.6 Å². The Hall–Kier alpha value is -3.13. The second-order valence-corrected chi connectivity index (χ2v) is 8.23. The molecule has 3 aromatic rings. The van der Waals surface area contributed by atoms with Gasteiger partial charge in [0.05, 0.1) is 25.9 Å². The Kier molecular flexibility index (Phi) is 7.35. The van der Waals surface area contributed by atoms with E-state index in [1.807, 2.05) is 0 Å². The third-order valence-corrected chi connectivity index (χ3v) is 5.78. The van der Waals surface area contributed by atoms with Crippen molar-refractivity contribution in [3.8, 4) is 5.75 Å². The molecule has 0 aliphatic heterocycles. The van der Waals surface area contributed by atoms with Gasteiger partial charge in [-0.05, 0) is 44.2 Å². The maximum absolute atomic E-state index is 13.5. The molecule has 0 bridgehead atoms. The topological polar surface area (TPSA) is 92.0 Å². The number of ether oxygens (including phenoxy) is 3. The first-order valence-corrected chi connectivity index (χ1v) is 10.9. The van der Waals surface area contributed by atoms with Crippen molar-refractivity contribution in [2.75, 3.05) is 20.3 Å². The van der Waals surface area contributed by atoms with Crippen LogP contribution in [0.5, 0.6) is 5.75 Å². The quantitative estimate of drug-likeness (QED) is 0.184. The van der Waals surface area contributed by atoms with Crippen LogP contribution >= 0.6 is 15.9 Å². The van der Waals surface area contributed by atoms with E-state index in [2.05, 4.69) is 15.9 Å². The SMILES string of the molecule is CCOC(=O)C(Br)(Cc1oc2ccccc2c1C(=O)c1ccc(OC)cc1)C(=O)OCC. The fraction of sp³-hybridized carbons (Fsp3) is 0.292. The van der Waals surface area contributed by atoms with E-state index in [0.29, 0.717) is 22.3 Å². The van der Waals surface area contributed by atoms with Gasteiger partial charge in [-0.2, -0.15) is 0 Å². The number of furan rings is 1. The molecule has 0 radical (unpaired) electrons. The van der Waals surface area contributed by atoms with E-state index in [9.17, 15) is 14.4 Å². The predicted molar refractivity (Wildman–Crippen MR) is 121 cm³/mol. The third-order valence-electron chi connectivity index (χ3n) is 4.85. The predicted octanol–water partition coefficient (Wildman–Crippen LogP) is 4.47. The molecular weight excluding hydrogens is 480 g/mol. The van der Waals surface area contributed by atoms with Crippen molar-refractivity contribution < 1.29 is 33.0 Å². The summed E-state index contributed by atoms with van der Waals surface area (Å²) in [6.07, 6.45) is -0.267. The number of carbonyl (C=O) groups is 3. The Balaban J connectivity index is 2.12. The molecule has 1 aromatic heterocycles. The van der Waals surface area contributed by atoms with Crippen molar-refractivity contribution in [2.24, 2.45) is 0 Å². The number of benzene rings is 2. The molecule has 0 spiro atoms. The average Bonchev–Trinajstić information content (AvgIpc) is 3.16. The fourth-order valence-corrected chi connectivity index (χ4v) is 3.78. The summed E-state index contributed by atoms with van der Waals surface area (Å²) in [7, 11) is 1.54. The highest BCUT2D eigenvalue weighted by Crippen LogP contribution is 2.35. The van der Waals surface area contributed by atoms with E-state index in [-0.39, 0.29) is 36.7 Å². The molecule has 0 amide bonds. The standard InChI is InChI=1S/C24H23BrO7/c1-4-30-22(27)24(25,23(28)31-5-2)14-19-20(17-8-6-7-9-18(17)32-19)21(26)15-10-12-16(29-3)13-11-15/h6-13H,4-5,14H2,1-3H3. The number of hydrogen-bond donors (Lipinski definition) is 0. The Labute approximate surface area is 193 Å². The van der Waals surface area contributed by atoms with E-state index < -0.39 is 16.3 Å². The van der Waals surface area contributed by atoms with E-state index in [1.54, 1.807) is 69.5 Å². The van der Waals surface area contributed by atoms with Gasteiger partial charge in [0.15, 0.2) is 5.78 Å². The van der Waals surface area contributed by atoms with E-state index in [1.165, 1.54) is 0 Å². The average molecular weight is 503 g/mol. The molecule has 0 fully saturated rings. The van der Waals surface area contributed by atoms with Crippen molar-refractivity contribution in [1.29, 1.82) is 0 Å². The van der Waals surface area contributed by atoms with Crippen LogP contribution in [0.2, 0.25) is 0 Å². The van der Waals surface area contributed by atoms with Gasteiger partial charge in [0.25, 0.3) is 0 Å². The van der Waals surface area contributed by atoms with Gasteiger partial charge in [-0.1, -0.05) is 34.1 Å². The highest BCUT2D eigenvalue weighted by atomic mass is 79.9. The summed E-state index contributed by atoms with van der Waals surface area (Å²) in [5.41, 5.74) is 1.14. The minimum Gasteiger partial charge on any atom is -0.497 e. The summed E-state index contributed by atoms with van der Waals surface area (Å²) < 4.78 is 19.5. The van der Waals surface area contributed by atoms with Crippen LogP contribution in [0.1, 0.15) is 35.5 Å². The highest BCUT2D eigenvalue weighted by molar-refractivity contribution is 9.10. The van der Waals surface area contributed by atoms with Crippen LogP contribution in [0.15, 0.2) is 52.9 Å². The summed E-state index contributed by atoms with van der Waals surface area (Å²) in [4.78, 5) is 38.9. The number of alkyl halides is 1. The maximum atomic E-state index is 13.5. The first-order valence-electron chi connectivity index (χ1n) is 10.1. The van der Waals surface area contributed by atoms with Gasteiger partial charge in [-0.25, -0.2) is 9.59 Å². The summed E-state index contributed by atoms with van der Waals surface area (Å²) in [5.74, 6) is -1.16. The number of esters is 2. The molecule has 0 saturated carbocycles. The minimum atomic E-state index is -1.86. The third kappa shape index (κ3) is 4.55. The number of ketones is 1. The summed E-state index contributed by atoms with van der Waals surface area (Å²) >= 11 is 3.23. The van der Waals surface area contributed by atoms with Crippen LogP contribution in [-0.2, 0) is 25.5 Å². The molecule has 1 heterocycles. The molecule has 0 atom stereocenters. The normalized spacial score (nSPS) is 11.2. The maximum Gasteiger partial charge on any atom is 0.334 e. The zero-order valence-electron chi connectivity index (χ0n) is 18.0. The van der Waals surface area contributed by atoms with Crippen LogP contribution in [0.3, 0.4) is 0 Å². The minimum absolute atomic E-state index is 0.0728. The van der Waals surface area contributed by atoms with Crippen molar-refractivity contribution in [1.82, 2.24) is 0 Å². The van der Waals surface area contributed by atoms with Crippen LogP contribution in [0, 0.1) is 0 Å². The number of methoxy groups -OCH3 is 1. The Morgan fingerprint density at radius 1 is 0.938 bits per heavy atom. The Morgan fingerprint density at radius 2 is 1.53 bits per heavy atom. The molecule has 168 valence electrons. The molecule has 7 nitrogen and oxygen atoms in total. The van der Waals surface area contributed by atoms with Gasteiger partial charge in [-0.3, -0.25) is 4.79 Å². The van der Waals surface area contributed by atoms with Gasteiger partial charge >= 0.3 is 11.9 Å². The van der Waals surface area contributed by atoms with Gasteiger partial charge in [0.1, 0.15) is 17.1 Å². The first-order chi connectivity index (χ1) is 15.3. The van der Waals surface area contributed by atoms with Gasteiger partial charge in [-0.15, -0.1) is 0 Å². The molecule has 8 heteroatoms. The second kappa shape index (κ2) is 9.99. The molecule has 0 aliphatic carbocycles. The van der Waals surface area contributed by atoms with Crippen LogP contribution in [0.25, 0.3) is 11.0 Å². The van der Waals surface area contributed by atoms with Gasteiger partial charge in [0.2, 0.25) is 4.32 Å². The smallest absolute Gasteiger partial charge is 0.334 e. The molecule has 3 rings (SSSR count). The molecular formula is C24H23BrO7. The van der Waals surface area contributed by atoms with E-state index in [0.717, 1.165) is 0 Å². The lowest BCUT2D eigenvalue weighted by Crippen LogP contribution is -2.45. The summed E-state index contributed by atoms with van der Waals surface area (Å²) in [6, 6.07) is 13.7. The molecule has 0 unspecified atom stereocenters. The number of fused-ring (bicyclic) bond motifs is 1. The monoisotopic (exact) mass is 502 g/mol. The van der Waals surface area contributed by atoms with Crippen molar-refractivity contribution >= 4 is 44.6 Å². The van der Waals surface area contributed by atoms with Crippen LogP contribution < -0.4 is 4.74 Å². The number of hydrogen-bond acceptors (Lipinski definition) is 7. The summed E-state index contributed by atoms with van der Waals surface area (Å²) in [6.45, 7) is 3.42. The van der Waals surface area contributed by atoms with E-state index >= 15 is 0 Å². The number of halogens is 1. The Bertz CT molecular complexity index is 1110. The molecule has 32 heavy (non-hydrogen) atoms. The molecule has 0 N–H and O–H groups in total. The summed E-state index contributed by atoms with van der Waals surface area (Å²) in [5, 5.41) is 0.575. The van der Waals surface area contributed by atoms with E-state index in [4.69, 9.17) is 18.6 Å². The Morgan fingerprint density at radius 3 is 2.09 bits per heavy atom. The second-order valence-electron chi connectivity index (χ2n) is 6.87. The number of rotatable bonds is 9. The van der Waals surface area contributed by atoms with Crippen molar-refractivity contribution in [3.63, 3.8) is 0 Å². The first kappa shape index (κ1) is 23.5. The zero-order chi connectivity index (χ0) is 23.3. The number of carbonyl (C=O) groups excluding carboxylic acids is 3. The highest BCUT2D eigenvalue weighted by Gasteiger charge is 2.48. The lowest BCUT2D eigenvalue weighted by molar-refractivity contribution is -0.158. The molecule has 0 saturated heterocycles. The van der Waals surface area contributed by atoms with Gasteiger partial charge < -0.3 is 18.6 Å². The largest absolute Gasteiger partial charge is 0.497 e. The zero-order valence-corrected chi connectivity index (χ0v) is 19.6. The van der Waals surface area contributed by atoms with Crippen LogP contribution in [-0.4, -0.2) is 42.4 Å². The van der Waals surface area contributed by atoms with Crippen molar-refractivity contribution in [3.05, 3.63) is 65.4 Å². The van der Waals surface area contributed by atoms with Gasteiger partial charge in [0, 0.05) is 17.4 Å². The lowest BCUT2D eigenvalue weighted by Gasteiger charge is -2.22. The van der Waals surface area contributed by atoms with Crippen LogP contribution in [0.4, 0.5) is 0 Å². The molecule has 0 aliphatic rings. The number of para-hydroxylation sites is 1. The fourth-order valence-electron chi connectivity index (χ4n) is 3.30. The molecule has 2 aromatic carbocycles. The lowest BCUT2D eigenvalue weighted by atomic mass is 9.95.